The summed E-state index contributed by atoms with van der Waals surface area (Å²) in [5.41, 5.74) is 0.927. The second kappa shape index (κ2) is 5.49. The number of nitro groups is 1. The van der Waals surface area contributed by atoms with Crippen molar-refractivity contribution in [2.45, 2.75) is 0 Å². The first kappa shape index (κ1) is 13.0. The van der Waals surface area contributed by atoms with Crippen molar-refractivity contribution in [3.05, 3.63) is 64.2 Å². The normalized spacial score (nSPS) is 9.95. The number of nitrogens with one attached hydrogen (secondary N) is 1. The van der Waals surface area contributed by atoms with Crippen molar-refractivity contribution < 1.29 is 9.72 Å². The van der Waals surface area contributed by atoms with Gasteiger partial charge in [-0.3, -0.25) is 14.9 Å². The van der Waals surface area contributed by atoms with Crippen LogP contribution in [0.3, 0.4) is 0 Å². The van der Waals surface area contributed by atoms with E-state index in [1.54, 1.807) is 42.5 Å². The van der Waals surface area contributed by atoms with Crippen LogP contribution in [0, 0.1) is 10.1 Å². The summed E-state index contributed by atoms with van der Waals surface area (Å²) in [6.07, 6.45) is 0. The summed E-state index contributed by atoms with van der Waals surface area (Å²) >= 11 is 5.46. The number of nitro benzene ring substituents is 1. The van der Waals surface area contributed by atoms with Gasteiger partial charge in [0.25, 0.3) is 10.9 Å². The summed E-state index contributed by atoms with van der Waals surface area (Å²) < 4.78 is 0. The molecule has 0 saturated heterocycles. The third-order valence-corrected chi connectivity index (χ3v) is 2.71. The van der Waals surface area contributed by atoms with E-state index in [2.05, 4.69) is 5.32 Å². The number of hydrogen-bond donors (Lipinski definition) is 1. The standard InChI is InChI=1S/C13H9ClN2O3/c14-13(17)9-5-1-2-6-10(9)15-11-7-3-4-8-12(11)16(18)19/h1-8,15H. The molecule has 0 amide bonds. The van der Waals surface area contributed by atoms with Gasteiger partial charge in [-0.2, -0.15) is 0 Å². The largest absolute Gasteiger partial charge is 0.349 e. The maximum Gasteiger partial charge on any atom is 0.292 e. The van der Waals surface area contributed by atoms with E-state index < -0.39 is 10.2 Å². The van der Waals surface area contributed by atoms with Crippen LogP contribution in [0.4, 0.5) is 17.1 Å². The highest BCUT2D eigenvalue weighted by atomic mass is 35.5. The van der Waals surface area contributed by atoms with Crippen LogP contribution in [0.2, 0.25) is 0 Å². The maximum atomic E-state index is 11.3. The third kappa shape index (κ3) is 2.89. The van der Waals surface area contributed by atoms with Crippen molar-refractivity contribution in [2.24, 2.45) is 0 Å². The molecule has 0 radical (unpaired) electrons. The quantitative estimate of drug-likeness (QED) is 0.525. The second-order valence-electron chi connectivity index (χ2n) is 3.72. The van der Waals surface area contributed by atoms with Crippen LogP contribution in [0.25, 0.3) is 0 Å². The summed E-state index contributed by atoms with van der Waals surface area (Å²) in [5, 5.41) is 13.1. The first-order chi connectivity index (χ1) is 9.09. The Morgan fingerprint density at radius 3 is 2.26 bits per heavy atom. The average Bonchev–Trinajstić information content (AvgIpc) is 2.39. The number of carbonyl (C=O) groups excluding carboxylic acids is 1. The minimum Gasteiger partial charge on any atom is -0.349 e. The number of hydrogen-bond acceptors (Lipinski definition) is 4. The smallest absolute Gasteiger partial charge is 0.292 e. The van der Waals surface area contributed by atoms with Crippen LogP contribution >= 0.6 is 11.6 Å². The summed E-state index contributed by atoms with van der Waals surface area (Å²) in [6.45, 7) is 0. The molecule has 0 fully saturated rings. The number of benzene rings is 2. The van der Waals surface area contributed by atoms with E-state index in [1.807, 2.05) is 0 Å². The summed E-state index contributed by atoms with van der Waals surface area (Å²) in [5.74, 6) is 0. The van der Waals surface area contributed by atoms with E-state index in [9.17, 15) is 14.9 Å². The van der Waals surface area contributed by atoms with Gasteiger partial charge in [0.2, 0.25) is 0 Å². The molecule has 2 rings (SSSR count). The molecule has 0 aliphatic heterocycles. The van der Waals surface area contributed by atoms with Gasteiger partial charge >= 0.3 is 0 Å². The van der Waals surface area contributed by atoms with Gasteiger partial charge in [0, 0.05) is 6.07 Å². The lowest BCUT2D eigenvalue weighted by molar-refractivity contribution is -0.383. The first-order valence-corrected chi connectivity index (χ1v) is 5.76. The molecule has 0 aliphatic carbocycles. The van der Waals surface area contributed by atoms with Gasteiger partial charge in [-0.05, 0) is 29.8 Å². The van der Waals surface area contributed by atoms with Crippen LogP contribution in [0.1, 0.15) is 10.4 Å². The molecule has 0 bridgehead atoms. The van der Waals surface area contributed by atoms with Crippen molar-refractivity contribution in [2.75, 3.05) is 5.32 Å². The lowest BCUT2D eigenvalue weighted by Gasteiger charge is -2.09. The molecule has 1 N–H and O–H groups in total. The number of halogens is 1. The van der Waals surface area contributed by atoms with Crippen LogP contribution in [-0.2, 0) is 0 Å². The number of carbonyl (C=O) groups is 1. The van der Waals surface area contributed by atoms with Gasteiger partial charge in [-0.25, -0.2) is 0 Å². The molecule has 19 heavy (non-hydrogen) atoms. The Morgan fingerprint density at radius 1 is 1.05 bits per heavy atom. The predicted octanol–water partition coefficient (Wildman–Crippen LogP) is 3.72. The van der Waals surface area contributed by atoms with Crippen LogP contribution < -0.4 is 5.32 Å². The molecule has 96 valence electrons. The van der Waals surface area contributed by atoms with E-state index in [0.717, 1.165) is 0 Å². The SMILES string of the molecule is O=C(Cl)c1ccccc1Nc1ccccc1[N+](=O)[O-]. The van der Waals surface area contributed by atoms with E-state index in [0.29, 0.717) is 11.4 Å². The zero-order valence-corrected chi connectivity index (χ0v) is 10.4. The van der Waals surface area contributed by atoms with Crippen molar-refractivity contribution in [1.82, 2.24) is 0 Å². The molecular formula is C13H9ClN2O3. The van der Waals surface area contributed by atoms with Crippen molar-refractivity contribution in [1.29, 1.82) is 0 Å². The summed E-state index contributed by atoms with van der Waals surface area (Å²) in [7, 11) is 0. The van der Waals surface area contributed by atoms with Crippen molar-refractivity contribution in [3.8, 4) is 0 Å². The summed E-state index contributed by atoms with van der Waals surface area (Å²) in [4.78, 5) is 21.7. The molecule has 0 unspecified atom stereocenters. The highest BCUT2D eigenvalue weighted by Crippen LogP contribution is 2.29. The molecule has 0 saturated carbocycles. The number of nitrogens with zero attached hydrogens (tertiary/aromatic N) is 1. The molecule has 2 aromatic rings. The Morgan fingerprint density at radius 2 is 1.63 bits per heavy atom. The Bertz CT molecular complexity index is 588. The zero-order chi connectivity index (χ0) is 13.8. The van der Waals surface area contributed by atoms with Crippen LogP contribution in [0.5, 0.6) is 0 Å². The van der Waals surface area contributed by atoms with E-state index in [1.165, 1.54) is 6.07 Å². The van der Waals surface area contributed by atoms with Gasteiger partial charge in [0.1, 0.15) is 5.69 Å². The van der Waals surface area contributed by atoms with E-state index >= 15 is 0 Å². The third-order valence-electron chi connectivity index (χ3n) is 2.51. The molecule has 0 aromatic heterocycles. The molecule has 0 aliphatic rings. The molecule has 0 heterocycles. The van der Waals surface area contributed by atoms with Crippen molar-refractivity contribution >= 4 is 33.9 Å². The minimum absolute atomic E-state index is 0.0701. The van der Waals surface area contributed by atoms with Gasteiger partial charge in [0.15, 0.2) is 0 Å². The maximum absolute atomic E-state index is 11.3. The lowest BCUT2D eigenvalue weighted by Crippen LogP contribution is -2.01. The molecule has 0 atom stereocenters. The molecule has 0 spiro atoms. The predicted molar refractivity (Wildman–Crippen MR) is 73.0 cm³/mol. The van der Waals surface area contributed by atoms with Crippen LogP contribution in [-0.4, -0.2) is 10.2 Å². The number of anilines is 2. The van der Waals surface area contributed by atoms with Gasteiger partial charge in [-0.1, -0.05) is 24.3 Å². The minimum atomic E-state index is -0.623. The Balaban J connectivity index is 2.42. The fourth-order valence-corrected chi connectivity index (χ4v) is 1.81. The fourth-order valence-electron chi connectivity index (χ4n) is 1.65. The highest BCUT2D eigenvalue weighted by molar-refractivity contribution is 6.68. The average molecular weight is 277 g/mol. The number of rotatable bonds is 4. The van der Waals surface area contributed by atoms with E-state index in [-0.39, 0.29) is 11.3 Å². The molecular weight excluding hydrogens is 268 g/mol. The van der Waals surface area contributed by atoms with Crippen LogP contribution in [0.15, 0.2) is 48.5 Å². The fraction of sp³-hybridized carbons (Fsp3) is 0. The Labute approximate surface area is 114 Å². The van der Waals surface area contributed by atoms with E-state index in [4.69, 9.17) is 11.6 Å². The number of para-hydroxylation sites is 3. The zero-order valence-electron chi connectivity index (χ0n) is 9.67. The molecule has 6 heteroatoms. The Hall–Kier alpha value is -2.40. The monoisotopic (exact) mass is 276 g/mol. The second-order valence-corrected chi connectivity index (χ2v) is 4.06. The lowest BCUT2D eigenvalue weighted by atomic mass is 10.2. The van der Waals surface area contributed by atoms with Crippen molar-refractivity contribution in [3.63, 3.8) is 0 Å². The highest BCUT2D eigenvalue weighted by Gasteiger charge is 2.15. The molecule has 5 nitrogen and oxygen atoms in total. The first-order valence-electron chi connectivity index (χ1n) is 5.39. The topological polar surface area (TPSA) is 72.2 Å². The van der Waals surface area contributed by atoms with Gasteiger partial charge < -0.3 is 5.32 Å². The van der Waals surface area contributed by atoms with Gasteiger partial charge in [0.05, 0.1) is 16.2 Å². The van der Waals surface area contributed by atoms with Gasteiger partial charge in [-0.15, -0.1) is 0 Å². The Kier molecular flexibility index (Phi) is 3.77. The molecule has 2 aromatic carbocycles. The summed E-state index contributed by atoms with van der Waals surface area (Å²) in [6, 6.07) is 12.7.